The fourth-order valence-electron chi connectivity index (χ4n) is 2.98. The maximum atomic E-state index is 12.9. The molecule has 3 unspecified atom stereocenters. The number of nitrogens with one attached hydrogen (secondary N) is 1. The fraction of sp³-hybridized carbons (Fsp3) is 0.625. The van der Waals surface area contributed by atoms with Crippen molar-refractivity contribution in [2.75, 3.05) is 5.75 Å². The Morgan fingerprint density at radius 1 is 1.24 bits per heavy atom. The molecule has 1 aliphatic rings. The zero-order valence-electron chi connectivity index (χ0n) is 12.2. The van der Waals surface area contributed by atoms with Gasteiger partial charge in [0.05, 0.1) is 6.42 Å². The van der Waals surface area contributed by atoms with Crippen LogP contribution < -0.4 is 5.32 Å². The van der Waals surface area contributed by atoms with Gasteiger partial charge < -0.3 is 5.32 Å². The second-order valence-electron chi connectivity index (χ2n) is 5.48. The summed E-state index contributed by atoms with van der Waals surface area (Å²) in [5.41, 5.74) is 0.724. The maximum Gasteiger partial charge on any atom is 0.390 e. The molecule has 1 saturated carbocycles. The van der Waals surface area contributed by atoms with Crippen LogP contribution in [-0.2, 0) is 0 Å². The van der Waals surface area contributed by atoms with E-state index in [4.69, 9.17) is 0 Å². The number of hydrogen-bond acceptors (Lipinski definition) is 2. The van der Waals surface area contributed by atoms with Crippen molar-refractivity contribution in [2.45, 2.75) is 56.1 Å². The quantitative estimate of drug-likeness (QED) is 0.797. The molecule has 2 rings (SSSR count). The largest absolute Gasteiger partial charge is 0.390 e. The molecule has 0 heterocycles. The van der Waals surface area contributed by atoms with Gasteiger partial charge in [-0.25, -0.2) is 0 Å². The van der Waals surface area contributed by atoms with E-state index in [1.165, 1.54) is 0 Å². The number of rotatable bonds is 6. The summed E-state index contributed by atoms with van der Waals surface area (Å²) in [7, 11) is 0. The van der Waals surface area contributed by atoms with Crippen molar-refractivity contribution in [3.8, 4) is 0 Å². The van der Waals surface area contributed by atoms with Crippen LogP contribution in [0, 0.1) is 0 Å². The number of halogens is 3. The highest BCUT2D eigenvalue weighted by molar-refractivity contribution is 7.99. The molecule has 1 aromatic carbocycles. The molecule has 1 aromatic rings. The summed E-state index contributed by atoms with van der Waals surface area (Å²) in [5, 5.41) is 3.72. The Morgan fingerprint density at radius 2 is 1.95 bits per heavy atom. The van der Waals surface area contributed by atoms with Gasteiger partial charge in [0.15, 0.2) is 0 Å². The molecule has 1 N–H and O–H groups in total. The molecule has 21 heavy (non-hydrogen) atoms. The summed E-state index contributed by atoms with van der Waals surface area (Å²) in [6, 6.07) is 8.53. The van der Waals surface area contributed by atoms with E-state index >= 15 is 0 Å². The minimum Gasteiger partial charge on any atom is -0.306 e. The lowest BCUT2D eigenvalue weighted by molar-refractivity contribution is -0.140. The zero-order chi connectivity index (χ0) is 15.3. The van der Waals surface area contributed by atoms with Crippen LogP contribution >= 0.6 is 11.8 Å². The normalized spacial score (nSPS) is 24.2. The molecule has 5 heteroatoms. The lowest BCUT2D eigenvalue weighted by Crippen LogP contribution is -2.39. The van der Waals surface area contributed by atoms with Crippen molar-refractivity contribution in [1.82, 2.24) is 5.32 Å². The summed E-state index contributed by atoms with van der Waals surface area (Å²) >= 11 is 1.86. The van der Waals surface area contributed by atoms with Crippen LogP contribution in [0.15, 0.2) is 30.3 Å². The van der Waals surface area contributed by atoms with E-state index < -0.39 is 18.6 Å². The molecule has 0 radical (unpaired) electrons. The summed E-state index contributed by atoms with van der Waals surface area (Å²) in [6.07, 6.45) is -1.79. The van der Waals surface area contributed by atoms with Crippen molar-refractivity contribution in [3.05, 3.63) is 35.9 Å². The highest BCUT2D eigenvalue weighted by atomic mass is 32.2. The Kier molecular flexibility index (Phi) is 5.99. The molecule has 0 spiro atoms. The second-order valence-corrected chi connectivity index (χ2v) is 7.00. The monoisotopic (exact) mass is 317 g/mol. The molecule has 1 nitrogen and oxygen atoms in total. The van der Waals surface area contributed by atoms with Crippen molar-refractivity contribution < 1.29 is 13.2 Å². The average molecular weight is 317 g/mol. The Hall–Kier alpha value is -0.680. The van der Waals surface area contributed by atoms with Crippen LogP contribution in [0.4, 0.5) is 13.2 Å². The SMILES string of the molecule is CCSC1CCCC1NC(CC(F)(F)F)c1ccccc1. The molecule has 1 fully saturated rings. The first-order chi connectivity index (χ1) is 9.99. The summed E-state index contributed by atoms with van der Waals surface area (Å²) < 4.78 is 38.6. The van der Waals surface area contributed by atoms with Crippen LogP contribution in [0.5, 0.6) is 0 Å². The van der Waals surface area contributed by atoms with E-state index in [-0.39, 0.29) is 6.04 Å². The zero-order valence-corrected chi connectivity index (χ0v) is 13.0. The molecule has 0 amide bonds. The van der Waals surface area contributed by atoms with Crippen molar-refractivity contribution in [1.29, 1.82) is 0 Å². The highest BCUT2D eigenvalue weighted by Gasteiger charge is 2.36. The summed E-state index contributed by atoms with van der Waals surface area (Å²) in [4.78, 5) is 0. The number of thioether (sulfide) groups is 1. The third-order valence-corrected chi connectivity index (χ3v) is 5.21. The Labute approximate surface area is 128 Å². The summed E-state index contributed by atoms with van der Waals surface area (Å²) in [5.74, 6) is 1.01. The molecular weight excluding hydrogens is 295 g/mol. The van der Waals surface area contributed by atoms with Gasteiger partial charge in [-0.05, 0) is 24.2 Å². The van der Waals surface area contributed by atoms with E-state index in [1.807, 2.05) is 17.8 Å². The van der Waals surface area contributed by atoms with Crippen LogP contribution in [0.3, 0.4) is 0 Å². The van der Waals surface area contributed by atoms with Crippen molar-refractivity contribution >= 4 is 11.8 Å². The molecular formula is C16H22F3NS. The third-order valence-electron chi connectivity index (χ3n) is 3.89. The van der Waals surface area contributed by atoms with Crippen LogP contribution in [0.2, 0.25) is 0 Å². The number of hydrogen-bond donors (Lipinski definition) is 1. The minimum absolute atomic E-state index is 0.183. The summed E-state index contributed by atoms with van der Waals surface area (Å²) in [6.45, 7) is 2.10. The predicted molar refractivity (Wildman–Crippen MR) is 82.5 cm³/mol. The molecule has 3 atom stereocenters. The van der Waals surface area contributed by atoms with Crippen molar-refractivity contribution in [2.24, 2.45) is 0 Å². The molecule has 1 aliphatic carbocycles. The Morgan fingerprint density at radius 3 is 2.57 bits per heavy atom. The maximum absolute atomic E-state index is 12.9. The highest BCUT2D eigenvalue weighted by Crippen LogP contribution is 2.35. The Bertz CT molecular complexity index is 421. The smallest absolute Gasteiger partial charge is 0.306 e. The van der Waals surface area contributed by atoms with Gasteiger partial charge >= 0.3 is 6.18 Å². The predicted octanol–water partition coefficient (Wildman–Crippen LogP) is 4.94. The van der Waals surface area contributed by atoms with Gasteiger partial charge in [-0.1, -0.05) is 43.7 Å². The third kappa shape index (κ3) is 5.22. The average Bonchev–Trinajstić information content (AvgIpc) is 2.85. The van der Waals surface area contributed by atoms with Gasteiger partial charge in [-0.15, -0.1) is 0 Å². The standard InChI is InChI=1S/C16H22F3NS/c1-2-21-15-10-6-9-13(15)20-14(11-16(17,18)19)12-7-4-3-5-8-12/h3-5,7-8,13-15,20H,2,6,9-11H2,1H3. The fourth-order valence-corrected chi connectivity index (χ4v) is 4.19. The van der Waals surface area contributed by atoms with Gasteiger partial charge in [0.25, 0.3) is 0 Å². The molecule has 0 aromatic heterocycles. The van der Waals surface area contributed by atoms with Crippen molar-refractivity contribution in [3.63, 3.8) is 0 Å². The van der Waals surface area contributed by atoms with E-state index in [2.05, 4.69) is 12.2 Å². The first-order valence-corrected chi connectivity index (χ1v) is 8.54. The van der Waals surface area contributed by atoms with E-state index in [1.54, 1.807) is 24.3 Å². The first kappa shape index (κ1) is 16.7. The van der Waals surface area contributed by atoms with Crippen LogP contribution in [0.25, 0.3) is 0 Å². The Balaban J connectivity index is 2.09. The molecule has 0 bridgehead atoms. The van der Waals surface area contributed by atoms with Gasteiger partial charge in [-0.3, -0.25) is 0 Å². The molecule has 0 saturated heterocycles. The van der Waals surface area contributed by atoms with Gasteiger partial charge in [0.1, 0.15) is 0 Å². The van der Waals surface area contributed by atoms with Crippen LogP contribution in [0.1, 0.15) is 44.2 Å². The number of benzene rings is 1. The van der Waals surface area contributed by atoms with E-state index in [9.17, 15) is 13.2 Å². The lowest BCUT2D eigenvalue weighted by Gasteiger charge is -2.28. The van der Waals surface area contributed by atoms with Crippen LogP contribution in [-0.4, -0.2) is 23.2 Å². The van der Waals surface area contributed by atoms with E-state index in [0.29, 0.717) is 5.25 Å². The van der Waals surface area contributed by atoms with Gasteiger partial charge in [0.2, 0.25) is 0 Å². The second kappa shape index (κ2) is 7.54. The van der Waals surface area contributed by atoms with Gasteiger partial charge in [-0.2, -0.15) is 24.9 Å². The first-order valence-electron chi connectivity index (χ1n) is 7.49. The number of alkyl halides is 3. The molecule has 0 aliphatic heterocycles. The minimum atomic E-state index is -4.15. The molecule has 118 valence electrons. The van der Waals surface area contributed by atoms with Gasteiger partial charge in [0, 0.05) is 17.3 Å². The topological polar surface area (TPSA) is 12.0 Å². The lowest BCUT2D eigenvalue weighted by atomic mass is 10.0. The van der Waals surface area contributed by atoms with E-state index in [0.717, 1.165) is 30.6 Å².